The van der Waals surface area contributed by atoms with Crippen LogP contribution in [-0.2, 0) is 11.4 Å². The van der Waals surface area contributed by atoms with Crippen LogP contribution in [0.25, 0.3) is 6.08 Å². The fourth-order valence-corrected chi connectivity index (χ4v) is 4.16. The average Bonchev–Trinajstić information content (AvgIpc) is 2.79. The number of nitrogens with zero attached hydrogens (tertiary/aromatic N) is 1. The van der Waals surface area contributed by atoms with E-state index in [0.717, 1.165) is 14.7 Å². The van der Waals surface area contributed by atoms with Gasteiger partial charge in [0.05, 0.1) is 21.4 Å². The van der Waals surface area contributed by atoms with Gasteiger partial charge in [0.25, 0.3) is 5.91 Å². The van der Waals surface area contributed by atoms with E-state index in [-0.39, 0.29) is 5.57 Å². The molecule has 0 fully saturated rings. The molecule has 3 rings (SSSR count). The summed E-state index contributed by atoms with van der Waals surface area (Å²) in [5, 5.41) is 13.4. The fraction of sp³-hybridized carbons (Fsp3) is 0.120. The molecule has 0 atom stereocenters. The van der Waals surface area contributed by atoms with E-state index in [1.54, 1.807) is 30.3 Å². The molecule has 0 aliphatic rings. The lowest BCUT2D eigenvalue weighted by Crippen LogP contribution is -2.14. The van der Waals surface area contributed by atoms with Crippen LogP contribution < -0.4 is 14.8 Å². The standard InChI is InChI=1S/C25H19Cl2IN2O3/c1-15-4-3-5-20(27)23(15)30-25(31)18(13-29)10-17-11-21(28)24(22(12-17)32-2)33-14-16-6-8-19(26)9-7-16/h3-12H,14H2,1-2H3,(H,30,31)/b18-10+. The summed E-state index contributed by atoms with van der Waals surface area (Å²) in [5.74, 6) is 0.507. The monoisotopic (exact) mass is 592 g/mol. The van der Waals surface area contributed by atoms with E-state index in [4.69, 9.17) is 32.7 Å². The Kier molecular flexibility index (Phi) is 8.61. The Morgan fingerprint density at radius 3 is 2.55 bits per heavy atom. The third kappa shape index (κ3) is 6.41. The van der Waals surface area contributed by atoms with E-state index in [9.17, 15) is 10.1 Å². The van der Waals surface area contributed by atoms with Crippen molar-refractivity contribution in [2.45, 2.75) is 13.5 Å². The maximum Gasteiger partial charge on any atom is 0.266 e. The van der Waals surface area contributed by atoms with E-state index in [2.05, 4.69) is 27.9 Å². The molecule has 0 radical (unpaired) electrons. The third-order valence-electron chi connectivity index (χ3n) is 4.68. The number of carbonyl (C=O) groups is 1. The number of rotatable bonds is 7. The summed E-state index contributed by atoms with van der Waals surface area (Å²) in [6.45, 7) is 2.16. The molecule has 0 spiro atoms. The number of aryl methyl sites for hydroxylation is 1. The first-order valence-corrected chi connectivity index (χ1v) is 11.6. The number of para-hydroxylation sites is 1. The number of hydrogen-bond donors (Lipinski definition) is 1. The second-order valence-electron chi connectivity index (χ2n) is 7.00. The molecular formula is C25H19Cl2IN2O3. The topological polar surface area (TPSA) is 71.3 Å². The molecule has 8 heteroatoms. The van der Waals surface area contributed by atoms with Gasteiger partial charge in [0.15, 0.2) is 11.5 Å². The lowest BCUT2D eigenvalue weighted by atomic mass is 10.1. The zero-order valence-electron chi connectivity index (χ0n) is 17.8. The van der Waals surface area contributed by atoms with Crippen LogP contribution in [0.2, 0.25) is 10.0 Å². The third-order valence-corrected chi connectivity index (χ3v) is 6.05. The van der Waals surface area contributed by atoms with Gasteiger partial charge in [0, 0.05) is 5.02 Å². The highest BCUT2D eigenvalue weighted by Gasteiger charge is 2.16. The van der Waals surface area contributed by atoms with Gasteiger partial charge in [-0.2, -0.15) is 5.26 Å². The second kappa shape index (κ2) is 11.4. The number of nitrogens with one attached hydrogen (secondary N) is 1. The highest BCUT2D eigenvalue weighted by Crippen LogP contribution is 2.35. The van der Waals surface area contributed by atoms with E-state index in [1.807, 2.05) is 37.3 Å². The number of halogens is 3. The summed E-state index contributed by atoms with van der Waals surface area (Å²) in [4.78, 5) is 12.7. The van der Waals surface area contributed by atoms with Gasteiger partial charge in [-0.25, -0.2) is 0 Å². The minimum Gasteiger partial charge on any atom is -0.493 e. The minimum atomic E-state index is -0.550. The lowest BCUT2D eigenvalue weighted by Gasteiger charge is -2.14. The normalized spacial score (nSPS) is 11.0. The maximum atomic E-state index is 12.7. The number of benzene rings is 3. The number of ether oxygens (including phenoxy) is 2. The quantitative estimate of drug-likeness (QED) is 0.181. The van der Waals surface area contributed by atoms with Gasteiger partial charge in [-0.05, 0) is 82.6 Å². The molecule has 3 aromatic rings. The van der Waals surface area contributed by atoms with Crippen molar-refractivity contribution in [2.24, 2.45) is 0 Å². The molecule has 0 aliphatic heterocycles. The van der Waals surface area contributed by atoms with Crippen LogP contribution in [0.4, 0.5) is 5.69 Å². The van der Waals surface area contributed by atoms with Crippen molar-refractivity contribution in [3.05, 3.63) is 90.5 Å². The molecule has 168 valence electrons. The van der Waals surface area contributed by atoms with E-state index < -0.39 is 5.91 Å². The van der Waals surface area contributed by atoms with E-state index >= 15 is 0 Å². The van der Waals surface area contributed by atoms with Crippen molar-refractivity contribution in [1.82, 2.24) is 0 Å². The first-order chi connectivity index (χ1) is 15.8. The highest BCUT2D eigenvalue weighted by atomic mass is 127. The lowest BCUT2D eigenvalue weighted by molar-refractivity contribution is -0.112. The Labute approximate surface area is 216 Å². The summed E-state index contributed by atoms with van der Waals surface area (Å²) in [5.41, 5.74) is 2.79. The van der Waals surface area contributed by atoms with Crippen LogP contribution >= 0.6 is 45.8 Å². The number of nitriles is 1. The molecule has 1 amide bonds. The van der Waals surface area contributed by atoms with Crippen LogP contribution in [0.1, 0.15) is 16.7 Å². The fourth-order valence-electron chi connectivity index (χ4n) is 2.99. The summed E-state index contributed by atoms with van der Waals surface area (Å²) in [7, 11) is 1.53. The first-order valence-electron chi connectivity index (χ1n) is 9.75. The molecule has 0 heterocycles. The Morgan fingerprint density at radius 2 is 1.91 bits per heavy atom. The van der Waals surface area contributed by atoms with Crippen LogP contribution in [-0.4, -0.2) is 13.0 Å². The molecule has 0 aliphatic carbocycles. The van der Waals surface area contributed by atoms with Crippen molar-refractivity contribution in [3.63, 3.8) is 0 Å². The first kappa shape index (κ1) is 24.9. The largest absolute Gasteiger partial charge is 0.493 e. The number of carbonyl (C=O) groups excluding carboxylic acids is 1. The molecule has 0 unspecified atom stereocenters. The molecule has 0 saturated carbocycles. The van der Waals surface area contributed by atoms with Gasteiger partial charge in [0.1, 0.15) is 18.2 Å². The van der Waals surface area contributed by atoms with Gasteiger partial charge >= 0.3 is 0 Å². The van der Waals surface area contributed by atoms with Gasteiger partial charge in [-0.3, -0.25) is 4.79 Å². The number of anilines is 1. The van der Waals surface area contributed by atoms with Gasteiger partial charge < -0.3 is 14.8 Å². The molecule has 33 heavy (non-hydrogen) atoms. The SMILES string of the molecule is COc1cc(/C=C(\C#N)C(=O)Nc2c(C)cccc2Cl)cc(I)c1OCc1ccc(Cl)cc1. The van der Waals surface area contributed by atoms with Crippen LogP contribution in [0.15, 0.2) is 60.2 Å². The zero-order valence-corrected chi connectivity index (χ0v) is 21.5. The average molecular weight is 593 g/mol. The Morgan fingerprint density at radius 1 is 1.18 bits per heavy atom. The number of hydrogen-bond acceptors (Lipinski definition) is 4. The number of methoxy groups -OCH3 is 1. The van der Waals surface area contributed by atoms with Crippen LogP contribution in [0.3, 0.4) is 0 Å². The predicted octanol–water partition coefficient (Wildman–Crippen LogP) is 7.04. The molecule has 0 saturated heterocycles. The summed E-state index contributed by atoms with van der Waals surface area (Å²) < 4.78 is 12.2. The minimum absolute atomic E-state index is 0.0676. The van der Waals surface area contributed by atoms with Crippen molar-refractivity contribution < 1.29 is 14.3 Å². The van der Waals surface area contributed by atoms with E-state index in [0.29, 0.717) is 39.4 Å². The Bertz CT molecular complexity index is 1230. The van der Waals surface area contributed by atoms with Crippen molar-refractivity contribution in [1.29, 1.82) is 5.26 Å². The highest BCUT2D eigenvalue weighted by molar-refractivity contribution is 14.1. The van der Waals surface area contributed by atoms with Gasteiger partial charge in [0.2, 0.25) is 0 Å². The predicted molar refractivity (Wildman–Crippen MR) is 140 cm³/mol. The molecule has 1 N–H and O–H groups in total. The smallest absolute Gasteiger partial charge is 0.266 e. The molecule has 5 nitrogen and oxygen atoms in total. The maximum absolute atomic E-state index is 12.7. The Hall–Kier alpha value is -2.73. The number of amides is 1. The van der Waals surface area contributed by atoms with Crippen molar-refractivity contribution in [3.8, 4) is 17.6 Å². The molecule has 0 bridgehead atoms. The zero-order chi connectivity index (χ0) is 24.0. The second-order valence-corrected chi connectivity index (χ2v) is 9.01. The summed E-state index contributed by atoms with van der Waals surface area (Å²) in [6.07, 6.45) is 1.50. The summed E-state index contributed by atoms with van der Waals surface area (Å²) in [6, 6.07) is 18.1. The van der Waals surface area contributed by atoms with Gasteiger partial charge in [-0.15, -0.1) is 0 Å². The van der Waals surface area contributed by atoms with Crippen LogP contribution in [0, 0.1) is 21.8 Å². The van der Waals surface area contributed by atoms with Crippen molar-refractivity contribution in [2.75, 3.05) is 12.4 Å². The van der Waals surface area contributed by atoms with Gasteiger partial charge in [-0.1, -0.05) is 47.5 Å². The van der Waals surface area contributed by atoms with Crippen LogP contribution in [0.5, 0.6) is 11.5 Å². The molecule has 3 aromatic carbocycles. The molecule has 0 aromatic heterocycles. The van der Waals surface area contributed by atoms with E-state index in [1.165, 1.54) is 13.2 Å². The van der Waals surface area contributed by atoms with Crippen molar-refractivity contribution >= 4 is 63.5 Å². The summed E-state index contributed by atoms with van der Waals surface area (Å²) >= 11 is 14.2. The Balaban J connectivity index is 1.84. The molecular weight excluding hydrogens is 574 g/mol.